The van der Waals surface area contributed by atoms with E-state index in [2.05, 4.69) is 34.5 Å². The molecule has 204 valence electrons. The highest BCUT2D eigenvalue weighted by Crippen LogP contribution is 2.47. The molecule has 0 radical (unpaired) electrons. The molecule has 1 N–H and O–H groups in total. The van der Waals surface area contributed by atoms with E-state index >= 15 is 0 Å². The maximum atomic E-state index is 13.9. The Labute approximate surface area is 228 Å². The van der Waals surface area contributed by atoms with Gasteiger partial charge in [0.25, 0.3) is 0 Å². The molecule has 4 aliphatic rings. The van der Waals surface area contributed by atoms with Gasteiger partial charge in [0.15, 0.2) is 17.3 Å². The molecule has 1 aliphatic carbocycles. The summed E-state index contributed by atoms with van der Waals surface area (Å²) in [6.07, 6.45) is 2.81. The first-order chi connectivity index (χ1) is 18.9. The van der Waals surface area contributed by atoms with Gasteiger partial charge in [-0.2, -0.15) is 0 Å². The summed E-state index contributed by atoms with van der Waals surface area (Å²) in [5.41, 5.74) is 5.69. The van der Waals surface area contributed by atoms with Crippen LogP contribution >= 0.6 is 0 Å². The minimum absolute atomic E-state index is 0.0324. The van der Waals surface area contributed by atoms with Gasteiger partial charge in [0, 0.05) is 55.7 Å². The second kappa shape index (κ2) is 10.4. The maximum absolute atomic E-state index is 13.9. The second-order valence-corrected chi connectivity index (χ2v) is 10.8. The van der Waals surface area contributed by atoms with Crippen molar-refractivity contribution in [3.63, 3.8) is 0 Å². The summed E-state index contributed by atoms with van der Waals surface area (Å²) >= 11 is 0. The van der Waals surface area contributed by atoms with Crippen LogP contribution in [0.3, 0.4) is 0 Å². The quantitative estimate of drug-likeness (QED) is 0.544. The first kappa shape index (κ1) is 25.5. The van der Waals surface area contributed by atoms with E-state index in [-0.39, 0.29) is 31.2 Å². The van der Waals surface area contributed by atoms with Crippen LogP contribution in [0.4, 0.5) is 5.69 Å². The molecule has 2 aromatic carbocycles. The number of anilines is 1. The molecule has 8 nitrogen and oxygen atoms in total. The molecule has 3 aliphatic heterocycles. The number of ether oxygens (including phenoxy) is 4. The number of esters is 1. The van der Waals surface area contributed by atoms with E-state index in [1.807, 2.05) is 39.2 Å². The number of ketones is 1. The van der Waals surface area contributed by atoms with E-state index in [0.29, 0.717) is 47.8 Å². The molecular weight excluding hydrogens is 496 g/mol. The fourth-order valence-electron chi connectivity index (χ4n) is 6.04. The number of hydrogen-bond acceptors (Lipinski definition) is 8. The minimum atomic E-state index is -0.558. The van der Waals surface area contributed by atoms with Crippen LogP contribution in [0.1, 0.15) is 55.6 Å². The number of hydrogen-bond donors (Lipinski definition) is 1. The Morgan fingerprint density at radius 1 is 1.05 bits per heavy atom. The maximum Gasteiger partial charge on any atom is 0.336 e. The SMILES string of the molecule is CC1=C(C(=O)OC[C@H]2CCCO2)[C@H](c2ccc3c(c2)OCO3)C2=C(C[C@@H](c3ccc(N(C)C)cc3)CC2=O)N1. The van der Waals surface area contributed by atoms with Crippen molar-refractivity contribution in [2.45, 2.75) is 50.5 Å². The van der Waals surface area contributed by atoms with Crippen molar-refractivity contribution in [3.8, 4) is 11.5 Å². The molecule has 0 bridgehead atoms. The summed E-state index contributed by atoms with van der Waals surface area (Å²) < 4.78 is 22.6. The number of carbonyl (C=O) groups is 2. The van der Waals surface area contributed by atoms with Gasteiger partial charge in [-0.05, 0) is 67.5 Å². The molecule has 3 heterocycles. The molecule has 1 fully saturated rings. The number of Topliss-reactive ketones (excluding diaryl/α,β-unsaturated/α-hetero) is 1. The van der Waals surface area contributed by atoms with Gasteiger partial charge in [0.1, 0.15) is 6.61 Å². The highest BCUT2D eigenvalue weighted by atomic mass is 16.7. The van der Waals surface area contributed by atoms with E-state index in [1.54, 1.807) is 0 Å². The van der Waals surface area contributed by atoms with Crippen LogP contribution in [0, 0.1) is 0 Å². The standard InChI is InChI=1S/C31H34N2O6/c1-18-28(31(35)37-16-23-5-4-12-36-23)29(20-8-11-26-27(15-20)39-17-38-26)30-24(32-18)13-21(14-25(30)34)19-6-9-22(10-7-19)33(2)3/h6-11,15,21,23,29,32H,4-5,12-14,16-17H2,1-3H3/t21-,23-,29+/m1/s1. The summed E-state index contributed by atoms with van der Waals surface area (Å²) in [4.78, 5) is 29.5. The Morgan fingerprint density at radius 2 is 1.82 bits per heavy atom. The van der Waals surface area contributed by atoms with Crippen molar-refractivity contribution < 1.29 is 28.5 Å². The number of carbonyl (C=O) groups excluding carboxylic acids is 2. The number of rotatable bonds is 6. The average Bonchev–Trinajstić information content (AvgIpc) is 3.62. The Hall–Kier alpha value is -3.78. The van der Waals surface area contributed by atoms with Crippen LogP contribution in [0.25, 0.3) is 0 Å². The highest BCUT2D eigenvalue weighted by Gasteiger charge is 2.42. The van der Waals surface area contributed by atoms with Crippen molar-refractivity contribution in [1.82, 2.24) is 5.32 Å². The molecule has 0 amide bonds. The molecule has 1 saturated heterocycles. The van der Waals surface area contributed by atoms with Crippen LogP contribution in [0.15, 0.2) is 65.0 Å². The number of benzene rings is 2. The molecule has 0 spiro atoms. The number of nitrogens with one attached hydrogen (secondary N) is 1. The van der Waals surface area contributed by atoms with Gasteiger partial charge in [-0.25, -0.2) is 4.79 Å². The molecule has 39 heavy (non-hydrogen) atoms. The van der Waals surface area contributed by atoms with Crippen molar-refractivity contribution in [1.29, 1.82) is 0 Å². The molecule has 3 atom stereocenters. The Kier molecular flexibility index (Phi) is 6.81. The first-order valence-electron chi connectivity index (χ1n) is 13.6. The number of nitrogens with zero attached hydrogens (tertiary/aromatic N) is 1. The predicted molar refractivity (Wildman–Crippen MR) is 146 cm³/mol. The highest BCUT2D eigenvalue weighted by molar-refractivity contribution is 6.04. The van der Waals surface area contributed by atoms with E-state index < -0.39 is 11.9 Å². The lowest BCUT2D eigenvalue weighted by Crippen LogP contribution is -2.36. The zero-order valence-corrected chi connectivity index (χ0v) is 22.6. The molecule has 6 rings (SSSR count). The summed E-state index contributed by atoms with van der Waals surface area (Å²) in [7, 11) is 4.02. The Morgan fingerprint density at radius 3 is 2.56 bits per heavy atom. The molecule has 0 aromatic heterocycles. The average molecular weight is 531 g/mol. The fourth-order valence-corrected chi connectivity index (χ4v) is 6.04. The lowest BCUT2D eigenvalue weighted by Gasteiger charge is -2.37. The summed E-state index contributed by atoms with van der Waals surface area (Å²) in [5.74, 6) is 0.362. The topological polar surface area (TPSA) is 86.3 Å². The lowest BCUT2D eigenvalue weighted by atomic mass is 9.71. The van der Waals surface area contributed by atoms with Gasteiger partial charge in [0.2, 0.25) is 6.79 Å². The zero-order valence-electron chi connectivity index (χ0n) is 22.6. The molecular formula is C31H34N2O6. The van der Waals surface area contributed by atoms with Crippen LogP contribution in [0.2, 0.25) is 0 Å². The molecule has 8 heteroatoms. The number of allylic oxidation sites excluding steroid dienone is 3. The third kappa shape index (κ3) is 4.89. The van der Waals surface area contributed by atoms with E-state index in [1.165, 1.54) is 0 Å². The Bertz CT molecular complexity index is 1350. The van der Waals surface area contributed by atoms with Gasteiger partial charge in [0.05, 0.1) is 11.7 Å². The van der Waals surface area contributed by atoms with E-state index in [0.717, 1.165) is 35.4 Å². The third-order valence-electron chi connectivity index (χ3n) is 8.08. The van der Waals surface area contributed by atoms with Crippen molar-refractivity contribution in [2.75, 3.05) is 39.0 Å². The summed E-state index contributed by atoms with van der Waals surface area (Å²) in [5, 5.41) is 3.43. The van der Waals surface area contributed by atoms with Crippen LogP contribution in [-0.2, 0) is 19.1 Å². The Balaban J connectivity index is 1.34. The van der Waals surface area contributed by atoms with Crippen LogP contribution in [-0.4, -0.2) is 52.0 Å². The van der Waals surface area contributed by atoms with Gasteiger partial charge in [-0.15, -0.1) is 0 Å². The zero-order chi connectivity index (χ0) is 27.1. The monoisotopic (exact) mass is 530 g/mol. The van der Waals surface area contributed by atoms with Gasteiger partial charge >= 0.3 is 5.97 Å². The van der Waals surface area contributed by atoms with E-state index in [4.69, 9.17) is 18.9 Å². The lowest BCUT2D eigenvalue weighted by molar-refractivity contribution is -0.142. The van der Waals surface area contributed by atoms with E-state index in [9.17, 15) is 9.59 Å². The second-order valence-electron chi connectivity index (χ2n) is 10.8. The first-order valence-corrected chi connectivity index (χ1v) is 13.6. The van der Waals surface area contributed by atoms with Gasteiger partial charge in [-0.3, -0.25) is 4.79 Å². The van der Waals surface area contributed by atoms with Gasteiger partial charge < -0.3 is 29.2 Å². The largest absolute Gasteiger partial charge is 0.459 e. The molecule has 0 saturated carbocycles. The van der Waals surface area contributed by atoms with Crippen molar-refractivity contribution in [3.05, 3.63) is 76.1 Å². The van der Waals surface area contributed by atoms with Crippen molar-refractivity contribution >= 4 is 17.4 Å². The smallest absolute Gasteiger partial charge is 0.336 e. The van der Waals surface area contributed by atoms with Crippen molar-refractivity contribution in [2.24, 2.45) is 0 Å². The summed E-state index contributed by atoms with van der Waals surface area (Å²) in [6.45, 7) is 2.92. The van der Waals surface area contributed by atoms with Crippen LogP contribution < -0.4 is 19.7 Å². The normalized spacial score (nSPS) is 24.0. The third-order valence-corrected chi connectivity index (χ3v) is 8.08. The fraction of sp³-hybridized carbons (Fsp3) is 0.419. The van der Waals surface area contributed by atoms with Gasteiger partial charge in [-0.1, -0.05) is 18.2 Å². The number of dihydropyridines is 1. The van der Waals surface area contributed by atoms with Crippen LogP contribution in [0.5, 0.6) is 11.5 Å². The molecule has 2 aromatic rings. The number of fused-ring (bicyclic) bond motifs is 1. The predicted octanol–water partition coefficient (Wildman–Crippen LogP) is 4.57. The molecule has 0 unspecified atom stereocenters. The summed E-state index contributed by atoms with van der Waals surface area (Å²) in [6, 6.07) is 14.0. The minimum Gasteiger partial charge on any atom is -0.459 e.